The lowest BCUT2D eigenvalue weighted by atomic mass is 9.86. The number of nitrogens with zero attached hydrogens (tertiary/aromatic N) is 1. The molecule has 1 saturated carbocycles. The number of carbonyl (C=O) groups excluding carboxylic acids is 1. The van der Waals surface area contributed by atoms with Crippen LogP contribution in [0.2, 0.25) is 0 Å². The number of hydrogen-bond donors (Lipinski definition) is 0. The highest BCUT2D eigenvalue weighted by Crippen LogP contribution is 2.27. The molecular formula is C12H17NO3. The normalized spacial score (nSPS) is 17.3. The van der Waals surface area contributed by atoms with Crippen molar-refractivity contribution in [3.05, 3.63) is 12.1 Å². The molecule has 0 aliphatic heterocycles. The van der Waals surface area contributed by atoms with Gasteiger partial charge in [0.2, 0.25) is 5.78 Å². The Labute approximate surface area is 95.0 Å². The van der Waals surface area contributed by atoms with Crippen LogP contribution in [0.25, 0.3) is 0 Å². The quantitative estimate of drug-likeness (QED) is 0.736. The van der Waals surface area contributed by atoms with Crippen LogP contribution in [0.3, 0.4) is 0 Å². The van der Waals surface area contributed by atoms with Crippen molar-refractivity contribution in [1.29, 1.82) is 0 Å². The van der Waals surface area contributed by atoms with Crippen LogP contribution in [-0.4, -0.2) is 17.4 Å². The van der Waals surface area contributed by atoms with E-state index in [-0.39, 0.29) is 17.6 Å². The Morgan fingerprint density at radius 2 is 2.25 bits per heavy atom. The van der Waals surface area contributed by atoms with E-state index in [1.807, 2.05) is 6.92 Å². The van der Waals surface area contributed by atoms with Gasteiger partial charge in [0.1, 0.15) is 6.20 Å². The molecule has 1 fully saturated rings. The van der Waals surface area contributed by atoms with Gasteiger partial charge in [0.05, 0.1) is 6.61 Å². The number of carbonyl (C=O) groups is 1. The first-order chi connectivity index (χ1) is 7.81. The summed E-state index contributed by atoms with van der Waals surface area (Å²) in [6.07, 6.45) is 6.90. The molecule has 0 spiro atoms. The Balaban J connectivity index is 2.01. The highest BCUT2D eigenvalue weighted by atomic mass is 16.6. The Bertz CT molecular complexity index is 353. The maximum Gasteiger partial charge on any atom is 0.305 e. The Hall–Kier alpha value is -1.32. The van der Waals surface area contributed by atoms with Crippen LogP contribution < -0.4 is 4.74 Å². The van der Waals surface area contributed by atoms with Crippen LogP contribution >= 0.6 is 0 Å². The molecular weight excluding hydrogens is 206 g/mol. The maximum atomic E-state index is 12.0. The van der Waals surface area contributed by atoms with E-state index in [0.717, 1.165) is 25.7 Å². The van der Waals surface area contributed by atoms with E-state index < -0.39 is 0 Å². The summed E-state index contributed by atoms with van der Waals surface area (Å²) < 4.78 is 10.4. The average molecular weight is 223 g/mol. The zero-order valence-electron chi connectivity index (χ0n) is 9.57. The lowest BCUT2D eigenvalue weighted by Crippen LogP contribution is -2.18. The fourth-order valence-corrected chi connectivity index (χ4v) is 2.12. The van der Waals surface area contributed by atoms with Crippen LogP contribution in [0.4, 0.5) is 0 Å². The minimum atomic E-state index is 0.0330. The van der Waals surface area contributed by atoms with Gasteiger partial charge in [-0.15, -0.1) is 0 Å². The van der Waals surface area contributed by atoms with Crippen molar-refractivity contribution in [2.45, 2.75) is 39.0 Å². The Morgan fingerprint density at radius 1 is 1.50 bits per heavy atom. The maximum absolute atomic E-state index is 12.0. The third-order valence-electron chi connectivity index (χ3n) is 2.96. The molecule has 0 atom stereocenters. The van der Waals surface area contributed by atoms with E-state index in [9.17, 15) is 4.79 Å². The van der Waals surface area contributed by atoms with Crippen molar-refractivity contribution in [3.63, 3.8) is 0 Å². The molecule has 4 nitrogen and oxygen atoms in total. The predicted octanol–water partition coefficient (Wildman–Crippen LogP) is 2.84. The second-order valence-electron chi connectivity index (χ2n) is 4.12. The molecule has 0 amide bonds. The Morgan fingerprint density at radius 3 is 2.94 bits per heavy atom. The van der Waals surface area contributed by atoms with Gasteiger partial charge in [0.15, 0.2) is 0 Å². The summed E-state index contributed by atoms with van der Waals surface area (Å²) in [7, 11) is 0. The molecule has 4 heteroatoms. The third-order valence-corrected chi connectivity index (χ3v) is 2.96. The smallest absolute Gasteiger partial charge is 0.305 e. The van der Waals surface area contributed by atoms with E-state index in [4.69, 9.17) is 9.15 Å². The van der Waals surface area contributed by atoms with Gasteiger partial charge in [-0.3, -0.25) is 4.79 Å². The molecule has 0 bridgehead atoms. The summed E-state index contributed by atoms with van der Waals surface area (Å²) in [5.41, 5.74) is 0. The third kappa shape index (κ3) is 2.43. The van der Waals surface area contributed by atoms with Crippen molar-refractivity contribution in [3.8, 4) is 5.95 Å². The van der Waals surface area contributed by atoms with E-state index in [2.05, 4.69) is 4.98 Å². The monoisotopic (exact) mass is 223 g/mol. The van der Waals surface area contributed by atoms with Crippen LogP contribution in [0.15, 0.2) is 10.6 Å². The number of hydrogen-bond acceptors (Lipinski definition) is 4. The Kier molecular flexibility index (Phi) is 3.59. The highest BCUT2D eigenvalue weighted by Gasteiger charge is 2.26. The SMILES string of the molecule is CCOc1cnc(C(=O)C2CCCCC2)o1. The topological polar surface area (TPSA) is 52.3 Å². The van der Waals surface area contributed by atoms with E-state index in [0.29, 0.717) is 12.6 Å². The molecule has 2 rings (SSSR count). The lowest BCUT2D eigenvalue weighted by Gasteiger charge is -2.18. The first-order valence-corrected chi connectivity index (χ1v) is 5.94. The van der Waals surface area contributed by atoms with Gasteiger partial charge in [-0.2, -0.15) is 0 Å². The van der Waals surface area contributed by atoms with Crippen molar-refractivity contribution < 1.29 is 13.9 Å². The molecule has 1 aliphatic carbocycles. The van der Waals surface area contributed by atoms with Gasteiger partial charge in [-0.05, 0) is 19.8 Å². The largest absolute Gasteiger partial charge is 0.464 e. The number of Topliss-reactive ketones (excluding diaryl/α,β-unsaturated/α-hetero) is 1. The molecule has 0 N–H and O–H groups in total. The zero-order valence-corrected chi connectivity index (χ0v) is 9.57. The highest BCUT2D eigenvalue weighted by molar-refractivity contribution is 5.93. The molecule has 0 unspecified atom stereocenters. The summed E-state index contributed by atoms with van der Waals surface area (Å²) >= 11 is 0. The van der Waals surface area contributed by atoms with Gasteiger partial charge in [-0.25, -0.2) is 4.98 Å². The average Bonchev–Trinajstić information content (AvgIpc) is 2.78. The van der Waals surface area contributed by atoms with Crippen molar-refractivity contribution >= 4 is 5.78 Å². The first-order valence-electron chi connectivity index (χ1n) is 5.94. The number of rotatable bonds is 4. The van der Waals surface area contributed by atoms with Crippen molar-refractivity contribution in [2.75, 3.05) is 6.61 Å². The zero-order chi connectivity index (χ0) is 11.4. The van der Waals surface area contributed by atoms with Crippen LogP contribution in [0.1, 0.15) is 49.7 Å². The molecule has 1 aliphatic rings. The first kappa shape index (κ1) is 11.2. The molecule has 88 valence electrons. The second-order valence-corrected chi connectivity index (χ2v) is 4.12. The molecule has 1 heterocycles. The van der Waals surface area contributed by atoms with Crippen molar-refractivity contribution in [1.82, 2.24) is 4.98 Å². The molecule has 16 heavy (non-hydrogen) atoms. The summed E-state index contributed by atoms with van der Waals surface area (Å²) in [6, 6.07) is 0. The van der Waals surface area contributed by atoms with Gasteiger partial charge in [0, 0.05) is 5.92 Å². The minimum absolute atomic E-state index is 0.0330. The lowest BCUT2D eigenvalue weighted by molar-refractivity contribution is 0.0845. The molecule has 1 aromatic heterocycles. The van der Waals surface area contributed by atoms with E-state index >= 15 is 0 Å². The standard InChI is InChI=1S/C12H17NO3/c1-2-15-10-8-13-12(16-10)11(14)9-6-4-3-5-7-9/h8-9H,2-7H2,1H3. The second kappa shape index (κ2) is 5.14. The molecule has 0 saturated heterocycles. The number of ether oxygens (including phenoxy) is 1. The minimum Gasteiger partial charge on any atom is -0.464 e. The predicted molar refractivity (Wildman–Crippen MR) is 58.6 cm³/mol. The number of aromatic nitrogens is 1. The number of ketones is 1. The number of oxazole rings is 1. The fourth-order valence-electron chi connectivity index (χ4n) is 2.12. The van der Waals surface area contributed by atoms with Crippen LogP contribution in [0.5, 0.6) is 5.95 Å². The summed E-state index contributed by atoms with van der Waals surface area (Å²) in [6.45, 7) is 2.39. The molecule has 0 aromatic carbocycles. The fraction of sp³-hybridized carbons (Fsp3) is 0.667. The van der Waals surface area contributed by atoms with Gasteiger partial charge in [0.25, 0.3) is 5.89 Å². The molecule has 0 radical (unpaired) electrons. The van der Waals surface area contributed by atoms with Gasteiger partial charge >= 0.3 is 5.95 Å². The van der Waals surface area contributed by atoms with E-state index in [1.54, 1.807) is 0 Å². The van der Waals surface area contributed by atoms with Crippen LogP contribution in [0, 0.1) is 5.92 Å². The van der Waals surface area contributed by atoms with Crippen LogP contribution in [-0.2, 0) is 0 Å². The van der Waals surface area contributed by atoms with Gasteiger partial charge in [-0.1, -0.05) is 19.3 Å². The summed E-state index contributed by atoms with van der Waals surface area (Å²) in [5.74, 6) is 0.671. The van der Waals surface area contributed by atoms with Crippen molar-refractivity contribution in [2.24, 2.45) is 5.92 Å². The van der Waals surface area contributed by atoms with E-state index in [1.165, 1.54) is 12.6 Å². The summed E-state index contributed by atoms with van der Waals surface area (Å²) in [4.78, 5) is 16.0. The van der Waals surface area contributed by atoms with Gasteiger partial charge < -0.3 is 9.15 Å². The molecule has 1 aromatic rings. The summed E-state index contributed by atoms with van der Waals surface area (Å²) in [5, 5.41) is 0.